The summed E-state index contributed by atoms with van der Waals surface area (Å²) in [5.41, 5.74) is 3.93. The van der Waals surface area contributed by atoms with Crippen LogP contribution in [-0.2, 0) is 11.2 Å². The van der Waals surface area contributed by atoms with Gasteiger partial charge in [0, 0.05) is 35.4 Å². The zero-order valence-electron chi connectivity index (χ0n) is 14.8. The van der Waals surface area contributed by atoms with E-state index in [1.165, 1.54) is 18.5 Å². The van der Waals surface area contributed by atoms with Crippen LogP contribution in [0.4, 0.5) is 4.39 Å². The molecule has 0 saturated heterocycles. The Morgan fingerprint density at radius 3 is 2.93 bits per heavy atom. The summed E-state index contributed by atoms with van der Waals surface area (Å²) in [6.45, 7) is 2.02. The van der Waals surface area contributed by atoms with Gasteiger partial charge in [-0.3, -0.25) is 4.57 Å². The van der Waals surface area contributed by atoms with Crippen molar-refractivity contribution in [1.29, 1.82) is 0 Å². The molecule has 0 N–H and O–H groups in total. The lowest BCUT2D eigenvalue weighted by Gasteiger charge is -2.13. The van der Waals surface area contributed by atoms with E-state index in [1.54, 1.807) is 19.2 Å². The number of fused-ring (bicyclic) bond motifs is 5. The molecular weight excluding hydrogens is 347 g/mol. The van der Waals surface area contributed by atoms with Crippen LogP contribution in [0, 0.1) is 5.82 Å². The first-order chi connectivity index (χ1) is 13.2. The van der Waals surface area contributed by atoms with Crippen LogP contribution in [0.3, 0.4) is 0 Å². The number of halogens is 1. The van der Waals surface area contributed by atoms with E-state index in [4.69, 9.17) is 4.74 Å². The Morgan fingerprint density at radius 1 is 1.30 bits per heavy atom. The van der Waals surface area contributed by atoms with E-state index in [1.807, 2.05) is 4.57 Å². The van der Waals surface area contributed by atoms with Gasteiger partial charge in [-0.25, -0.2) is 24.1 Å². The smallest absolute Gasteiger partial charge is 0.357 e. The standard InChI is InChI=1S/C20H17FN4O2/c1-2-27-20(26)18-15-8-13-9-22-19(11-3-4-11)25(13)16-7-12(21)5-6-14(16)17(15)23-10-24-18/h5-7,9-11H,2-4,8H2,1H3. The SMILES string of the molecule is CCOC(=O)c1ncnc2c1Cc1cnc(C3CC3)n1-c1cc(F)ccc1-2. The van der Waals surface area contributed by atoms with E-state index in [0.717, 1.165) is 29.9 Å². The predicted molar refractivity (Wildman–Crippen MR) is 95.3 cm³/mol. The number of hydrogen-bond acceptors (Lipinski definition) is 5. The number of carbonyl (C=O) groups is 1. The fourth-order valence-electron chi connectivity index (χ4n) is 3.69. The first-order valence-electron chi connectivity index (χ1n) is 9.05. The maximum absolute atomic E-state index is 14.1. The first kappa shape index (κ1) is 16.1. The van der Waals surface area contributed by atoms with Crippen molar-refractivity contribution in [3.8, 4) is 16.9 Å². The van der Waals surface area contributed by atoms with Gasteiger partial charge in [-0.15, -0.1) is 0 Å². The van der Waals surface area contributed by atoms with Crippen LogP contribution < -0.4 is 0 Å². The van der Waals surface area contributed by atoms with Gasteiger partial charge in [-0.05, 0) is 38.0 Å². The van der Waals surface area contributed by atoms with Gasteiger partial charge in [0.25, 0.3) is 0 Å². The lowest BCUT2D eigenvalue weighted by Crippen LogP contribution is -2.12. The summed E-state index contributed by atoms with van der Waals surface area (Å²) in [6.07, 6.45) is 5.77. The van der Waals surface area contributed by atoms with Gasteiger partial charge in [0.2, 0.25) is 0 Å². The number of aromatic nitrogens is 4. The van der Waals surface area contributed by atoms with Crippen molar-refractivity contribution in [3.05, 3.63) is 59.3 Å². The summed E-state index contributed by atoms with van der Waals surface area (Å²) in [6, 6.07) is 4.62. The second-order valence-electron chi connectivity index (χ2n) is 6.83. The minimum atomic E-state index is -0.477. The highest BCUT2D eigenvalue weighted by Crippen LogP contribution is 2.43. The van der Waals surface area contributed by atoms with Crippen LogP contribution >= 0.6 is 0 Å². The highest BCUT2D eigenvalue weighted by atomic mass is 19.1. The molecule has 0 atom stereocenters. The lowest BCUT2D eigenvalue weighted by atomic mass is 10.0. The average molecular weight is 364 g/mol. The Bertz CT molecular complexity index is 1070. The van der Waals surface area contributed by atoms with E-state index >= 15 is 0 Å². The van der Waals surface area contributed by atoms with Crippen molar-refractivity contribution in [3.63, 3.8) is 0 Å². The van der Waals surface area contributed by atoms with E-state index in [2.05, 4.69) is 15.0 Å². The van der Waals surface area contributed by atoms with Crippen molar-refractivity contribution in [2.24, 2.45) is 0 Å². The second-order valence-corrected chi connectivity index (χ2v) is 6.83. The highest BCUT2D eigenvalue weighted by Gasteiger charge is 2.33. The fourth-order valence-corrected chi connectivity index (χ4v) is 3.69. The number of ether oxygens (including phenoxy) is 1. The minimum Gasteiger partial charge on any atom is -0.461 e. The fraction of sp³-hybridized carbons (Fsp3) is 0.300. The van der Waals surface area contributed by atoms with E-state index < -0.39 is 5.97 Å². The number of benzene rings is 1. The number of nitrogens with zero attached hydrogens (tertiary/aromatic N) is 4. The van der Waals surface area contributed by atoms with Gasteiger partial charge in [0.15, 0.2) is 5.69 Å². The predicted octanol–water partition coefficient (Wildman–Crippen LogP) is 3.43. The van der Waals surface area contributed by atoms with Crippen LogP contribution in [0.5, 0.6) is 0 Å². The van der Waals surface area contributed by atoms with Gasteiger partial charge in [0.1, 0.15) is 18.0 Å². The molecule has 0 amide bonds. The zero-order valence-corrected chi connectivity index (χ0v) is 14.8. The van der Waals surface area contributed by atoms with Crippen molar-refractivity contribution < 1.29 is 13.9 Å². The van der Waals surface area contributed by atoms with Crippen molar-refractivity contribution in [2.45, 2.75) is 32.1 Å². The van der Waals surface area contributed by atoms with Crippen LogP contribution in [0.15, 0.2) is 30.7 Å². The Morgan fingerprint density at radius 2 is 2.15 bits per heavy atom. The molecule has 1 aliphatic carbocycles. The molecule has 27 heavy (non-hydrogen) atoms. The largest absolute Gasteiger partial charge is 0.461 e. The molecule has 3 heterocycles. The summed E-state index contributed by atoms with van der Waals surface area (Å²) in [5, 5.41) is 0. The molecule has 3 aromatic rings. The molecule has 5 rings (SSSR count). The molecule has 2 aliphatic rings. The summed E-state index contributed by atoms with van der Waals surface area (Å²) in [4.78, 5) is 25.6. The molecule has 7 heteroatoms. The molecule has 1 fully saturated rings. The molecule has 0 radical (unpaired) electrons. The first-order valence-corrected chi connectivity index (χ1v) is 9.05. The quantitative estimate of drug-likeness (QED) is 0.521. The lowest BCUT2D eigenvalue weighted by molar-refractivity contribution is 0.0518. The Labute approximate surface area is 155 Å². The maximum atomic E-state index is 14.1. The van der Waals surface area contributed by atoms with Crippen LogP contribution in [-0.4, -0.2) is 32.1 Å². The summed E-state index contributed by atoms with van der Waals surface area (Å²) >= 11 is 0. The third-order valence-electron chi connectivity index (χ3n) is 5.03. The van der Waals surface area contributed by atoms with Crippen LogP contribution in [0.2, 0.25) is 0 Å². The number of hydrogen-bond donors (Lipinski definition) is 0. The van der Waals surface area contributed by atoms with Gasteiger partial charge in [-0.2, -0.15) is 0 Å². The summed E-state index contributed by atoms with van der Waals surface area (Å²) in [5.74, 6) is 0.537. The molecule has 1 aliphatic heterocycles. The Hall–Kier alpha value is -3.09. The molecule has 1 saturated carbocycles. The van der Waals surface area contributed by atoms with Gasteiger partial charge >= 0.3 is 5.97 Å². The molecule has 6 nitrogen and oxygen atoms in total. The van der Waals surface area contributed by atoms with Gasteiger partial charge in [-0.1, -0.05) is 0 Å². The number of carbonyl (C=O) groups excluding carboxylic acids is 1. The number of rotatable bonds is 3. The summed E-state index contributed by atoms with van der Waals surface area (Å²) in [7, 11) is 0. The number of imidazole rings is 1. The molecule has 2 aromatic heterocycles. The van der Waals surface area contributed by atoms with E-state index in [-0.39, 0.29) is 18.1 Å². The third kappa shape index (κ3) is 2.53. The maximum Gasteiger partial charge on any atom is 0.357 e. The monoisotopic (exact) mass is 364 g/mol. The third-order valence-corrected chi connectivity index (χ3v) is 5.03. The van der Waals surface area contributed by atoms with Crippen molar-refractivity contribution >= 4 is 5.97 Å². The van der Waals surface area contributed by atoms with E-state index in [0.29, 0.717) is 29.3 Å². The Balaban J connectivity index is 1.79. The molecule has 1 aromatic carbocycles. The summed E-state index contributed by atoms with van der Waals surface area (Å²) < 4.78 is 21.3. The molecule has 0 spiro atoms. The molecular formula is C20H17FN4O2. The highest BCUT2D eigenvalue weighted by molar-refractivity contribution is 5.92. The van der Waals surface area contributed by atoms with Crippen LogP contribution in [0.1, 0.15) is 53.3 Å². The minimum absolute atomic E-state index is 0.250. The zero-order chi connectivity index (χ0) is 18.5. The van der Waals surface area contributed by atoms with Crippen LogP contribution in [0.25, 0.3) is 16.9 Å². The van der Waals surface area contributed by atoms with Gasteiger partial charge < -0.3 is 4.74 Å². The topological polar surface area (TPSA) is 69.9 Å². The average Bonchev–Trinajstić information content (AvgIpc) is 3.44. The molecule has 136 valence electrons. The van der Waals surface area contributed by atoms with Gasteiger partial charge in [0.05, 0.1) is 18.0 Å². The Kier molecular flexibility index (Phi) is 3.56. The van der Waals surface area contributed by atoms with Crippen molar-refractivity contribution in [1.82, 2.24) is 19.5 Å². The molecule has 0 bridgehead atoms. The number of esters is 1. The molecule has 0 unspecified atom stereocenters. The van der Waals surface area contributed by atoms with Crippen molar-refractivity contribution in [2.75, 3.05) is 6.61 Å². The van der Waals surface area contributed by atoms with E-state index in [9.17, 15) is 9.18 Å². The second kappa shape index (κ2) is 5.97. The normalized spacial score (nSPS) is 14.7.